The van der Waals surface area contributed by atoms with Gasteiger partial charge in [0.2, 0.25) is 10.0 Å². The quantitative estimate of drug-likeness (QED) is 0.327. The van der Waals surface area contributed by atoms with Crippen LogP contribution in [0.3, 0.4) is 0 Å². The summed E-state index contributed by atoms with van der Waals surface area (Å²) in [5, 5.41) is 2.95. The minimum Gasteiger partial charge on any atom is -0.497 e. The molecule has 2 aromatic carbocycles. The highest BCUT2D eigenvalue weighted by atomic mass is 32.2. The van der Waals surface area contributed by atoms with E-state index in [0.29, 0.717) is 25.1 Å². The Morgan fingerprint density at radius 1 is 1.05 bits per heavy atom. The molecule has 0 aromatic heterocycles. The lowest BCUT2D eigenvalue weighted by Gasteiger charge is -2.28. The van der Waals surface area contributed by atoms with Crippen molar-refractivity contribution in [2.75, 3.05) is 20.2 Å². The van der Waals surface area contributed by atoms with E-state index >= 15 is 0 Å². The SMILES string of the molecule is C=Cc1ccc(C[C@@H](CCN(CC(C)C)S(=O)(=O)c2ccc(OC)cc2)NC(=O)OC(C)(C)C)cc1.CC. The van der Waals surface area contributed by atoms with E-state index in [0.717, 1.165) is 11.1 Å². The van der Waals surface area contributed by atoms with Gasteiger partial charge in [0.1, 0.15) is 11.4 Å². The summed E-state index contributed by atoms with van der Waals surface area (Å²) in [6.45, 7) is 17.8. The maximum Gasteiger partial charge on any atom is 0.407 e. The van der Waals surface area contributed by atoms with Crippen LogP contribution in [-0.4, -0.2) is 50.7 Å². The fourth-order valence-electron chi connectivity index (χ4n) is 3.69. The largest absolute Gasteiger partial charge is 0.497 e. The van der Waals surface area contributed by atoms with Crippen LogP contribution in [0.2, 0.25) is 0 Å². The molecule has 38 heavy (non-hydrogen) atoms. The van der Waals surface area contributed by atoms with Crippen molar-refractivity contribution in [3.63, 3.8) is 0 Å². The number of sulfonamides is 1. The summed E-state index contributed by atoms with van der Waals surface area (Å²) in [4.78, 5) is 12.8. The molecule has 0 spiro atoms. The van der Waals surface area contributed by atoms with Gasteiger partial charge in [0, 0.05) is 19.1 Å². The predicted octanol–water partition coefficient (Wildman–Crippen LogP) is 6.54. The van der Waals surface area contributed by atoms with Gasteiger partial charge in [-0.05, 0) is 74.9 Å². The molecule has 7 nitrogen and oxygen atoms in total. The van der Waals surface area contributed by atoms with Crippen LogP contribution in [0.5, 0.6) is 5.75 Å². The first-order chi connectivity index (χ1) is 17.8. The Kier molecular flexibility index (Phi) is 13.6. The maximum absolute atomic E-state index is 13.5. The Hall–Kier alpha value is -2.84. The fourth-order valence-corrected chi connectivity index (χ4v) is 5.31. The van der Waals surface area contributed by atoms with Crippen molar-refractivity contribution in [3.8, 4) is 5.75 Å². The number of hydrogen-bond acceptors (Lipinski definition) is 5. The molecule has 1 N–H and O–H groups in total. The van der Waals surface area contributed by atoms with E-state index in [4.69, 9.17) is 9.47 Å². The second-order valence-electron chi connectivity index (χ2n) is 10.2. The van der Waals surface area contributed by atoms with Crippen molar-refractivity contribution in [2.24, 2.45) is 5.92 Å². The van der Waals surface area contributed by atoms with Gasteiger partial charge < -0.3 is 14.8 Å². The molecule has 0 saturated heterocycles. The highest BCUT2D eigenvalue weighted by Crippen LogP contribution is 2.22. The molecule has 0 fully saturated rings. The topological polar surface area (TPSA) is 84.9 Å². The molecule has 8 heteroatoms. The smallest absolute Gasteiger partial charge is 0.407 e. The van der Waals surface area contributed by atoms with Gasteiger partial charge in [-0.3, -0.25) is 0 Å². The van der Waals surface area contributed by atoms with Gasteiger partial charge in [-0.1, -0.05) is 64.6 Å². The molecule has 0 aliphatic carbocycles. The first kappa shape index (κ1) is 33.2. The average molecular weight is 547 g/mol. The van der Waals surface area contributed by atoms with Crippen molar-refractivity contribution in [3.05, 3.63) is 66.2 Å². The van der Waals surface area contributed by atoms with Crippen molar-refractivity contribution in [2.45, 2.75) is 77.8 Å². The van der Waals surface area contributed by atoms with Crippen LogP contribution < -0.4 is 10.1 Å². The molecule has 2 rings (SSSR count). The van der Waals surface area contributed by atoms with Crippen molar-refractivity contribution < 1.29 is 22.7 Å². The van der Waals surface area contributed by atoms with Gasteiger partial charge in [0.25, 0.3) is 0 Å². The molecular formula is C30H46N2O5S. The van der Waals surface area contributed by atoms with E-state index < -0.39 is 21.7 Å². The van der Waals surface area contributed by atoms with E-state index in [1.54, 1.807) is 51.1 Å². The summed E-state index contributed by atoms with van der Waals surface area (Å²) in [6.07, 6.45) is 2.21. The highest BCUT2D eigenvalue weighted by Gasteiger charge is 2.27. The molecule has 0 saturated carbocycles. The molecule has 0 bridgehead atoms. The number of amides is 1. The third-order valence-electron chi connectivity index (χ3n) is 5.41. The maximum atomic E-state index is 13.5. The van der Waals surface area contributed by atoms with Gasteiger partial charge in [-0.15, -0.1) is 0 Å². The van der Waals surface area contributed by atoms with E-state index in [9.17, 15) is 13.2 Å². The summed E-state index contributed by atoms with van der Waals surface area (Å²) in [6, 6.07) is 14.0. The number of alkyl carbamates (subject to hydrolysis) is 1. The zero-order valence-electron chi connectivity index (χ0n) is 24.3. The lowest BCUT2D eigenvalue weighted by Crippen LogP contribution is -2.43. The number of ether oxygens (including phenoxy) is 2. The second-order valence-corrected chi connectivity index (χ2v) is 12.2. The van der Waals surface area contributed by atoms with Crippen LogP contribution in [0, 0.1) is 5.92 Å². The highest BCUT2D eigenvalue weighted by molar-refractivity contribution is 7.89. The molecule has 0 aliphatic rings. The molecule has 0 unspecified atom stereocenters. The van der Waals surface area contributed by atoms with E-state index in [1.807, 2.05) is 52.0 Å². The third-order valence-corrected chi connectivity index (χ3v) is 7.29. The van der Waals surface area contributed by atoms with Crippen molar-refractivity contribution in [1.82, 2.24) is 9.62 Å². The van der Waals surface area contributed by atoms with Gasteiger partial charge in [0.15, 0.2) is 0 Å². The summed E-state index contributed by atoms with van der Waals surface area (Å²) < 4.78 is 39.1. The van der Waals surface area contributed by atoms with Crippen LogP contribution in [0.4, 0.5) is 4.79 Å². The van der Waals surface area contributed by atoms with E-state index in [1.165, 1.54) is 11.4 Å². The number of nitrogens with zero attached hydrogens (tertiary/aromatic N) is 1. The third kappa shape index (κ3) is 11.3. The Balaban J connectivity index is 0.00000352. The normalized spacial score (nSPS) is 12.4. The average Bonchev–Trinajstić information content (AvgIpc) is 2.86. The number of hydrogen-bond donors (Lipinski definition) is 1. The monoisotopic (exact) mass is 546 g/mol. The number of benzene rings is 2. The lowest BCUT2D eigenvalue weighted by molar-refractivity contribution is 0.0500. The molecule has 1 amide bonds. The minimum atomic E-state index is -3.73. The Bertz CT molecular complexity index is 1090. The van der Waals surface area contributed by atoms with Gasteiger partial charge in [-0.2, -0.15) is 4.31 Å². The summed E-state index contributed by atoms with van der Waals surface area (Å²) in [5.74, 6) is 0.718. The van der Waals surface area contributed by atoms with E-state index in [-0.39, 0.29) is 23.4 Å². The fraction of sp³-hybridized carbons (Fsp3) is 0.500. The van der Waals surface area contributed by atoms with Gasteiger partial charge >= 0.3 is 6.09 Å². The zero-order chi connectivity index (χ0) is 28.9. The molecule has 2 aromatic rings. The molecular weight excluding hydrogens is 500 g/mol. The van der Waals surface area contributed by atoms with Gasteiger partial charge in [-0.25, -0.2) is 13.2 Å². The first-order valence-electron chi connectivity index (χ1n) is 13.2. The zero-order valence-corrected chi connectivity index (χ0v) is 25.1. The molecule has 1 atom stereocenters. The molecule has 0 aliphatic heterocycles. The lowest BCUT2D eigenvalue weighted by atomic mass is 10.0. The predicted molar refractivity (Wildman–Crippen MR) is 156 cm³/mol. The molecule has 212 valence electrons. The number of carbonyl (C=O) groups is 1. The minimum absolute atomic E-state index is 0.127. The van der Waals surface area contributed by atoms with Crippen molar-refractivity contribution >= 4 is 22.2 Å². The number of nitrogens with one attached hydrogen (secondary N) is 1. The Morgan fingerprint density at radius 2 is 1.63 bits per heavy atom. The van der Waals surface area contributed by atoms with Crippen LogP contribution in [0.25, 0.3) is 6.08 Å². The summed E-state index contributed by atoms with van der Waals surface area (Å²) >= 11 is 0. The summed E-state index contributed by atoms with van der Waals surface area (Å²) in [7, 11) is -2.19. The summed E-state index contributed by atoms with van der Waals surface area (Å²) in [5.41, 5.74) is 1.39. The molecule has 0 radical (unpaired) electrons. The van der Waals surface area contributed by atoms with Gasteiger partial charge in [0.05, 0.1) is 12.0 Å². The molecule has 0 heterocycles. The van der Waals surface area contributed by atoms with Crippen LogP contribution in [0.1, 0.15) is 66.0 Å². The Labute approximate surface area is 230 Å². The van der Waals surface area contributed by atoms with Crippen LogP contribution >= 0.6 is 0 Å². The Morgan fingerprint density at radius 3 is 2.11 bits per heavy atom. The first-order valence-corrected chi connectivity index (χ1v) is 14.6. The number of carbonyl (C=O) groups excluding carboxylic acids is 1. The van der Waals surface area contributed by atoms with Crippen LogP contribution in [-0.2, 0) is 21.2 Å². The standard InChI is InChI=1S/C28H40N2O5S.C2H6/c1-8-22-9-11-23(12-10-22)19-24(29-27(31)35-28(4,5)6)17-18-30(20-21(2)3)36(32,33)26-15-13-25(34-7)14-16-26;1-2/h8-16,21,24H,1,17-20H2,2-7H3,(H,29,31);1-2H3/t24-;/m1./s1. The van der Waals surface area contributed by atoms with E-state index in [2.05, 4.69) is 11.9 Å². The van der Waals surface area contributed by atoms with Crippen LogP contribution in [0.15, 0.2) is 60.0 Å². The number of rotatable bonds is 12. The van der Waals surface area contributed by atoms with Crippen molar-refractivity contribution in [1.29, 1.82) is 0 Å². The number of methoxy groups -OCH3 is 1. The second kappa shape index (κ2) is 15.5.